The number of hydrogen-bond donors (Lipinski definition) is 0. The number of nitrogens with zero attached hydrogens (tertiary/aromatic N) is 5. The molecule has 0 saturated carbocycles. The highest BCUT2D eigenvalue weighted by molar-refractivity contribution is 6.07. The highest BCUT2D eigenvalue weighted by Gasteiger charge is 2.38. The second-order valence-corrected chi connectivity index (χ2v) is 16.6. The van der Waals surface area contributed by atoms with E-state index in [1.54, 1.807) is 18.3 Å². The van der Waals surface area contributed by atoms with Crippen molar-refractivity contribution in [1.29, 1.82) is 0 Å². The SMILES string of the molecule is [2H]C([2H])([2H])c1cccc(C([2H])([2H])[2H])c1-c1ccccc1[N+]1=C=[N+](c2cc(Oc3cnc4c5ccccc5n(-c5cc(C(C)(C)C)ccn5)c4c3)cc(C(C)(C)C)c2)c2ccccc21. The number of benzene rings is 5. The minimum Gasteiger partial charge on any atom is -0.455 e. The van der Waals surface area contributed by atoms with Crippen LogP contribution in [0, 0.1) is 13.7 Å². The number of rotatable bonds is 6. The molecule has 57 heavy (non-hydrogen) atoms. The van der Waals surface area contributed by atoms with Crippen LogP contribution in [0.1, 0.15) is 72.0 Å². The normalized spacial score (nSPS) is 14.8. The van der Waals surface area contributed by atoms with Crippen LogP contribution in [0.3, 0.4) is 0 Å². The minimum absolute atomic E-state index is 0.0321. The van der Waals surface area contributed by atoms with Gasteiger partial charge in [-0.2, -0.15) is 0 Å². The summed E-state index contributed by atoms with van der Waals surface area (Å²) in [6, 6.07) is 43.7. The molecule has 6 heteroatoms. The molecule has 0 atom stereocenters. The minimum atomic E-state index is -2.57. The van der Waals surface area contributed by atoms with Gasteiger partial charge in [0.25, 0.3) is 11.4 Å². The molecule has 1 aliphatic rings. The standard InChI is InChI=1S/C51H47N5O/c1-33-16-15-17-34(2)48(33)40-18-9-11-20-42(40)55-32-54(44-22-13-14-23-45(44)55)37-26-36(51(6,7)8)27-38(29-37)57-39-30-46-49(53-31-39)41-19-10-12-21-43(41)56(46)47-28-35(24-25-52-47)50(3,4)5/h9-31H,1-8H3/q+2/i1D3,2D3. The van der Waals surface area contributed by atoms with Crippen molar-refractivity contribution >= 4 is 50.7 Å². The maximum Gasteiger partial charge on any atom is 0.503 e. The Morgan fingerprint density at radius 1 is 0.614 bits per heavy atom. The van der Waals surface area contributed by atoms with Crippen LogP contribution in [-0.4, -0.2) is 20.5 Å². The van der Waals surface area contributed by atoms with Crippen molar-refractivity contribution in [2.75, 3.05) is 0 Å². The topological polar surface area (TPSA) is 46.0 Å². The van der Waals surface area contributed by atoms with Gasteiger partial charge in [-0.05, 0) is 91.8 Å². The third-order valence-electron chi connectivity index (χ3n) is 10.6. The van der Waals surface area contributed by atoms with Gasteiger partial charge in [-0.25, -0.2) is 4.98 Å². The Morgan fingerprint density at radius 3 is 2.04 bits per heavy atom. The molecule has 8 aromatic rings. The molecule has 9 rings (SSSR count). The summed E-state index contributed by atoms with van der Waals surface area (Å²) in [7, 11) is 0. The number of para-hydroxylation sites is 4. The summed E-state index contributed by atoms with van der Waals surface area (Å²) >= 11 is 0. The van der Waals surface area contributed by atoms with Crippen molar-refractivity contribution in [3.63, 3.8) is 0 Å². The average molecular weight is 752 g/mol. The second kappa shape index (κ2) is 13.5. The first-order chi connectivity index (χ1) is 29.8. The number of aryl methyl sites for hydroxylation is 2. The molecule has 6 nitrogen and oxygen atoms in total. The summed E-state index contributed by atoms with van der Waals surface area (Å²) in [5.74, 6) is 1.95. The van der Waals surface area contributed by atoms with Crippen LogP contribution in [-0.2, 0) is 10.8 Å². The third-order valence-corrected chi connectivity index (χ3v) is 10.6. The summed E-state index contributed by atoms with van der Waals surface area (Å²) in [6.07, 6.45) is 3.62. The lowest BCUT2D eigenvalue weighted by Gasteiger charge is -2.20. The van der Waals surface area contributed by atoms with Gasteiger partial charge in [0.15, 0.2) is 0 Å². The van der Waals surface area contributed by atoms with Gasteiger partial charge in [0.1, 0.15) is 17.3 Å². The summed E-state index contributed by atoms with van der Waals surface area (Å²) < 4.78 is 63.2. The van der Waals surface area contributed by atoms with Gasteiger partial charge in [-0.3, -0.25) is 9.55 Å². The molecular formula is C51H47N5O+2. The van der Waals surface area contributed by atoms with Crippen LogP contribution in [0.15, 0.2) is 140 Å². The molecule has 0 N–H and O–H groups in total. The quantitative estimate of drug-likeness (QED) is 0.159. The average Bonchev–Trinajstić information content (AvgIpc) is 3.78. The first-order valence-corrected chi connectivity index (χ1v) is 19.2. The Hall–Kier alpha value is -6.62. The van der Waals surface area contributed by atoms with Gasteiger partial charge in [0.2, 0.25) is 11.4 Å². The van der Waals surface area contributed by atoms with Crippen LogP contribution in [0.5, 0.6) is 11.5 Å². The molecule has 1 aliphatic heterocycles. The largest absolute Gasteiger partial charge is 0.503 e. The van der Waals surface area contributed by atoms with Gasteiger partial charge >= 0.3 is 6.01 Å². The third kappa shape index (κ3) is 6.42. The van der Waals surface area contributed by atoms with Crippen LogP contribution in [0.4, 0.5) is 22.7 Å². The Morgan fingerprint density at radius 2 is 1.30 bits per heavy atom. The zero-order chi connectivity index (χ0) is 44.6. The predicted molar refractivity (Wildman–Crippen MR) is 236 cm³/mol. The predicted octanol–water partition coefficient (Wildman–Crippen LogP) is 13.1. The van der Waals surface area contributed by atoms with Crippen LogP contribution < -0.4 is 13.9 Å². The van der Waals surface area contributed by atoms with E-state index in [-0.39, 0.29) is 27.5 Å². The fourth-order valence-corrected chi connectivity index (χ4v) is 7.61. The fourth-order valence-electron chi connectivity index (χ4n) is 7.61. The Bertz CT molecular complexity index is 3160. The van der Waals surface area contributed by atoms with E-state index in [4.69, 9.17) is 22.9 Å². The molecule has 280 valence electrons. The number of hydrogen-bond acceptors (Lipinski definition) is 3. The lowest BCUT2D eigenvalue weighted by molar-refractivity contribution is 0.477. The molecule has 0 amide bonds. The summed E-state index contributed by atoms with van der Waals surface area (Å²) in [5, 5.41) is 1.01. The van der Waals surface area contributed by atoms with Crippen LogP contribution >= 0.6 is 0 Å². The highest BCUT2D eigenvalue weighted by atomic mass is 16.5. The highest BCUT2D eigenvalue weighted by Crippen LogP contribution is 2.43. The zero-order valence-corrected chi connectivity index (χ0v) is 32.9. The van der Waals surface area contributed by atoms with Crippen molar-refractivity contribution in [1.82, 2.24) is 23.7 Å². The van der Waals surface area contributed by atoms with E-state index in [1.165, 1.54) is 23.8 Å². The van der Waals surface area contributed by atoms with Crippen molar-refractivity contribution < 1.29 is 13.0 Å². The molecule has 3 aromatic heterocycles. The van der Waals surface area contributed by atoms with Crippen molar-refractivity contribution in [3.8, 4) is 28.4 Å². The number of fused-ring (bicyclic) bond motifs is 4. The maximum absolute atomic E-state index is 8.41. The Kier molecular flexibility index (Phi) is 7.04. The summed E-state index contributed by atoms with van der Waals surface area (Å²) in [6.45, 7) is 7.90. The van der Waals surface area contributed by atoms with E-state index in [0.717, 1.165) is 50.4 Å². The van der Waals surface area contributed by atoms with Crippen LogP contribution in [0.25, 0.3) is 38.9 Å². The number of aromatic nitrogens is 3. The molecule has 0 fully saturated rings. The monoisotopic (exact) mass is 751 g/mol. The van der Waals surface area contributed by atoms with Gasteiger partial charge in [0, 0.05) is 50.1 Å². The molecule has 4 heterocycles. The van der Waals surface area contributed by atoms with Crippen LogP contribution in [0.2, 0.25) is 0 Å². The lowest BCUT2D eigenvalue weighted by Crippen LogP contribution is -2.12. The molecule has 0 radical (unpaired) electrons. The smallest absolute Gasteiger partial charge is 0.455 e. The van der Waals surface area contributed by atoms with Crippen molar-refractivity contribution in [2.24, 2.45) is 0 Å². The van der Waals surface area contributed by atoms with E-state index in [2.05, 4.69) is 88.5 Å². The lowest BCUT2D eigenvalue weighted by atomic mass is 9.86. The molecule has 0 aliphatic carbocycles. The Labute approximate surface area is 343 Å². The van der Waals surface area contributed by atoms with Crippen molar-refractivity contribution in [2.45, 2.75) is 66.1 Å². The number of pyridine rings is 2. The fraction of sp³-hybridized carbons (Fsp3) is 0.196. The first-order valence-electron chi connectivity index (χ1n) is 22.2. The van der Waals surface area contributed by atoms with E-state index < -0.39 is 13.7 Å². The van der Waals surface area contributed by atoms with Gasteiger partial charge < -0.3 is 4.74 Å². The zero-order valence-electron chi connectivity index (χ0n) is 38.9. The Balaban J connectivity index is 1.21. The molecule has 0 unspecified atom stereocenters. The first kappa shape index (κ1) is 29.6. The van der Waals surface area contributed by atoms with Gasteiger partial charge in [0.05, 0.1) is 34.4 Å². The molecule has 0 saturated heterocycles. The molecule has 0 bridgehead atoms. The van der Waals surface area contributed by atoms with E-state index >= 15 is 0 Å². The molecular weight excluding hydrogens is 699 g/mol. The molecule has 5 aromatic carbocycles. The van der Waals surface area contributed by atoms with E-state index in [0.29, 0.717) is 22.7 Å². The summed E-state index contributed by atoms with van der Waals surface area (Å²) in [5.41, 5.74) is 8.08. The second-order valence-electron chi connectivity index (χ2n) is 16.6. The van der Waals surface area contributed by atoms with Gasteiger partial charge in [-0.1, -0.05) is 102 Å². The van der Waals surface area contributed by atoms with Gasteiger partial charge in [-0.15, -0.1) is 0 Å². The maximum atomic E-state index is 8.41. The van der Waals surface area contributed by atoms with E-state index in [1.807, 2.05) is 76.0 Å². The van der Waals surface area contributed by atoms with E-state index in [9.17, 15) is 0 Å². The number of ether oxygens (including phenoxy) is 1. The van der Waals surface area contributed by atoms with Crippen molar-refractivity contribution in [3.05, 3.63) is 162 Å². The summed E-state index contributed by atoms with van der Waals surface area (Å²) in [4.78, 5) is 9.80. The molecule has 0 spiro atoms.